The largest absolute Gasteiger partial charge is 0.464 e. The summed E-state index contributed by atoms with van der Waals surface area (Å²) in [6.07, 6.45) is 2.00. The molecule has 0 radical (unpaired) electrons. The maximum Gasteiger partial charge on any atom is 0.358 e. The predicted molar refractivity (Wildman–Crippen MR) is 91.1 cm³/mol. The number of rotatable bonds is 7. The van der Waals surface area contributed by atoms with E-state index in [1.54, 1.807) is 18.9 Å². The van der Waals surface area contributed by atoms with Gasteiger partial charge in [-0.25, -0.2) is 14.8 Å². The quantitative estimate of drug-likeness (QED) is 0.454. The second-order valence-corrected chi connectivity index (χ2v) is 5.95. The van der Waals surface area contributed by atoms with Gasteiger partial charge in [0.15, 0.2) is 11.5 Å². The van der Waals surface area contributed by atoms with Gasteiger partial charge >= 0.3 is 5.97 Å². The van der Waals surface area contributed by atoms with Crippen molar-refractivity contribution in [2.45, 2.75) is 25.7 Å². The number of aromatic nitrogens is 2. The van der Waals surface area contributed by atoms with E-state index < -0.39 is 5.97 Å². The molecule has 1 aliphatic rings. The number of nitrogens with two attached hydrogens (primary N) is 1. The van der Waals surface area contributed by atoms with Crippen LogP contribution in [0.5, 0.6) is 0 Å². The molecule has 2 rings (SSSR count). The van der Waals surface area contributed by atoms with Crippen molar-refractivity contribution in [3.63, 3.8) is 0 Å². The summed E-state index contributed by atoms with van der Waals surface area (Å²) < 4.78 is 4.76. The summed E-state index contributed by atoms with van der Waals surface area (Å²) >= 11 is 6.33. The number of carbonyl (C=O) groups is 1. The molecule has 1 aliphatic carbocycles. The Morgan fingerprint density at radius 2 is 2.17 bits per heavy atom. The number of carbonyl (C=O) groups excluding carboxylic acids is 1. The van der Waals surface area contributed by atoms with Gasteiger partial charge in [-0.2, -0.15) is 0 Å². The fraction of sp³-hybridized carbons (Fsp3) is 0.467. The highest BCUT2D eigenvalue weighted by atomic mass is 35.5. The number of hydrogen-bond donors (Lipinski definition) is 1. The van der Waals surface area contributed by atoms with Gasteiger partial charge in [0.2, 0.25) is 0 Å². The number of halogens is 1. The monoisotopic (exact) mass is 353 g/mol. The zero-order valence-corrected chi connectivity index (χ0v) is 14.6. The van der Waals surface area contributed by atoms with Crippen LogP contribution in [0.4, 0.5) is 5.82 Å². The SMILES string of the molecule is C=C(CN(C)c1nc(C2CC2)nc(C(=O)OC)c1Cl)/C(C)=N\ON. The van der Waals surface area contributed by atoms with E-state index in [0.29, 0.717) is 29.5 Å². The van der Waals surface area contributed by atoms with E-state index in [1.165, 1.54) is 7.11 Å². The Kier molecular flexibility index (Phi) is 5.74. The van der Waals surface area contributed by atoms with Gasteiger partial charge in [0.05, 0.1) is 12.8 Å². The first-order valence-corrected chi connectivity index (χ1v) is 7.72. The minimum Gasteiger partial charge on any atom is -0.464 e. The standard InChI is InChI=1S/C15H20ClN5O3/c1-8(9(2)20-24-17)7-21(3)14-11(16)12(15(22)23-4)18-13(19-14)10-5-6-10/h10H,1,5-7,17H2,2-4H3/b20-9-. The minimum absolute atomic E-state index is 0.0687. The normalized spacial score (nSPS) is 14.3. The topological polar surface area (TPSA) is 103 Å². The highest BCUT2D eigenvalue weighted by Crippen LogP contribution is 2.40. The lowest BCUT2D eigenvalue weighted by atomic mass is 10.2. The molecule has 0 aromatic carbocycles. The Morgan fingerprint density at radius 3 is 2.71 bits per heavy atom. The highest BCUT2D eigenvalue weighted by molar-refractivity contribution is 6.35. The fourth-order valence-electron chi connectivity index (χ4n) is 2.08. The third-order valence-electron chi connectivity index (χ3n) is 3.66. The van der Waals surface area contributed by atoms with Crippen LogP contribution in [-0.4, -0.2) is 42.4 Å². The lowest BCUT2D eigenvalue weighted by Gasteiger charge is -2.21. The van der Waals surface area contributed by atoms with Crippen LogP contribution in [0.1, 0.15) is 42.0 Å². The molecule has 24 heavy (non-hydrogen) atoms. The zero-order valence-electron chi connectivity index (χ0n) is 13.9. The van der Waals surface area contributed by atoms with Gasteiger partial charge in [0.1, 0.15) is 10.8 Å². The molecule has 0 spiro atoms. The van der Waals surface area contributed by atoms with E-state index in [1.807, 2.05) is 0 Å². The molecule has 9 heteroatoms. The molecule has 0 saturated heterocycles. The van der Waals surface area contributed by atoms with E-state index in [-0.39, 0.29) is 16.6 Å². The van der Waals surface area contributed by atoms with Gasteiger partial charge in [0, 0.05) is 19.5 Å². The number of ether oxygens (including phenoxy) is 1. The predicted octanol–water partition coefficient (Wildman–Crippen LogP) is 2.05. The lowest BCUT2D eigenvalue weighted by molar-refractivity contribution is 0.0593. The molecular weight excluding hydrogens is 334 g/mol. The molecule has 130 valence electrons. The van der Waals surface area contributed by atoms with E-state index >= 15 is 0 Å². The van der Waals surface area contributed by atoms with Crippen molar-refractivity contribution in [1.82, 2.24) is 9.97 Å². The van der Waals surface area contributed by atoms with Crippen molar-refractivity contribution in [3.05, 3.63) is 28.7 Å². The molecule has 0 aliphatic heterocycles. The van der Waals surface area contributed by atoms with E-state index in [0.717, 1.165) is 12.8 Å². The molecular formula is C15H20ClN5O3. The molecule has 1 aromatic heterocycles. The van der Waals surface area contributed by atoms with Crippen molar-refractivity contribution in [2.24, 2.45) is 11.1 Å². The van der Waals surface area contributed by atoms with E-state index in [9.17, 15) is 4.79 Å². The second kappa shape index (κ2) is 7.59. The van der Waals surface area contributed by atoms with Crippen LogP contribution in [0.15, 0.2) is 17.3 Å². The van der Waals surface area contributed by atoms with Gasteiger partial charge in [-0.3, -0.25) is 0 Å². The smallest absolute Gasteiger partial charge is 0.358 e. The van der Waals surface area contributed by atoms with Crippen LogP contribution in [-0.2, 0) is 9.68 Å². The van der Waals surface area contributed by atoms with Crippen LogP contribution in [0, 0.1) is 0 Å². The van der Waals surface area contributed by atoms with Crippen molar-refractivity contribution < 1.29 is 14.5 Å². The second-order valence-electron chi connectivity index (χ2n) is 5.58. The van der Waals surface area contributed by atoms with Crippen molar-refractivity contribution in [1.29, 1.82) is 0 Å². The van der Waals surface area contributed by atoms with Crippen LogP contribution < -0.4 is 10.8 Å². The van der Waals surface area contributed by atoms with Gasteiger partial charge < -0.3 is 14.6 Å². The number of esters is 1. The van der Waals surface area contributed by atoms with Crippen molar-refractivity contribution in [3.8, 4) is 0 Å². The van der Waals surface area contributed by atoms with Gasteiger partial charge in [-0.15, -0.1) is 5.90 Å². The molecule has 0 amide bonds. The average molecular weight is 354 g/mol. The fourth-order valence-corrected chi connectivity index (χ4v) is 2.39. The molecule has 0 unspecified atom stereocenters. The summed E-state index contributed by atoms with van der Waals surface area (Å²) in [5.41, 5.74) is 1.29. The van der Waals surface area contributed by atoms with Gasteiger partial charge in [-0.05, 0) is 25.3 Å². The number of anilines is 1. The number of methoxy groups -OCH3 is 1. The summed E-state index contributed by atoms with van der Waals surface area (Å²) in [5, 5.41) is 3.78. The zero-order chi connectivity index (χ0) is 17.9. The summed E-state index contributed by atoms with van der Waals surface area (Å²) in [6.45, 7) is 6.02. The van der Waals surface area contributed by atoms with E-state index in [2.05, 4.69) is 26.6 Å². The first-order chi connectivity index (χ1) is 11.4. The lowest BCUT2D eigenvalue weighted by Crippen LogP contribution is -2.25. The van der Waals surface area contributed by atoms with Crippen LogP contribution in [0.25, 0.3) is 0 Å². The summed E-state index contributed by atoms with van der Waals surface area (Å²) in [5.74, 6) is 5.64. The molecule has 1 fully saturated rings. The third-order valence-corrected chi connectivity index (χ3v) is 4.01. The molecule has 8 nitrogen and oxygen atoms in total. The highest BCUT2D eigenvalue weighted by Gasteiger charge is 2.31. The average Bonchev–Trinajstić information content (AvgIpc) is 3.39. The summed E-state index contributed by atoms with van der Waals surface area (Å²) in [6, 6.07) is 0. The molecule has 1 aromatic rings. The molecule has 1 saturated carbocycles. The summed E-state index contributed by atoms with van der Waals surface area (Å²) in [4.78, 5) is 26.7. The Balaban J connectivity index is 2.34. The van der Waals surface area contributed by atoms with Gasteiger partial charge in [-0.1, -0.05) is 23.3 Å². The molecule has 1 heterocycles. The van der Waals surface area contributed by atoms with Crippen LogP contribution >= 0.6 is 11.6 Å². The Bertz CT molecular complexity index is 688. The Labute approximate surface area is 145 Å². The number of nitrogens with zero attached hydrogens (tertiary/aromatic N) is 4. The molecule has 2 N–H and O–H groups in total. The first-order valence-electron chi connectivity index (χ1n) is 7.34. The Morgan fingerprint density at radius 1 is 1.50 bits per heavy atom. The van der Waals surface area contributed by atoms with Crippen molar-refractivity contribution in [2.75, 3.05) is 25.6 Å². The first kappa shape index (κ1) is 18.2. The minimum atomic E-state index is -0.591. The number of oxime groups is 1. The maximum absolute atomic E-state index is 11.9. The van der Waals surface area contributed by atoms with Crippen LogP contribution in [0.2, 0.25) is 5.02 Å². The van der Waals surface area contributed by atoms with Crippen LogP contribution in [0.3, 0.4) is 0 Å². The number of hydrogen-bond acceptors (Lipinski definition) is 8. The number of likely N-dealkylation sites (N-methyl/N-ethyl adjacent to an activating group) is 1. The maximum atomic E-state index is 11.9. The van der Waals surface area contributed by atoms with Crippen molar-refractivity contribution >= 4 is 29.1 Å². The van der Waals surface area contributed by atoms with E-state index in [4.69, 9.17) is 22.2 Å². The summed E-state index contributed by atoms with van der Waals surface area (Å²) in [7, 11) is 3.07. The Hall–Kier alpha value is -2.19. The van der Waals surface area contributed by atoms with Gasteiger partial charge in [0.25, 0.3) is 0 Å². The molecule has 0 bridgehead atoms. The third kappa shape index (κ3) is 4.01. The molecule has 0 atom stereocenters.